The zero-order chi connectivity index (χ0) is 14.0. The fourth-order valence-corrected chi connectivity index (χ4v) is 4.63. The molecule has 2 rings (SSSR count). The summed E-state index contributed by atoms with van der Waals surface area (Å²) in [6.07, 6.45) is 5.59. The lowest BCUT2D eigenvalue weighted by Gasteiger charge is -2.48. The fraction of sp³-hybridized carbons (Fsp3) is 1.00. The summed E-state index contributed by atoms with van der Waals surface area (Å²) in [6, 6.07) is 1.48. The van der Waals surface area contributed by atoms with Crippen molar-refractivity contribution in [1.82, 2.24) is 10.2 Å². The molecule has 0 aromatic rings. The minimum Gasteiger partial charge on any atom is -0.315 e. The lowest BCUT2D eigenvalue weighted by molar-refractivity contribution is 0.0325. The Morgan fingerprint density at radius 3 is 2.21 bits per heavy atom. The third kappa shape index (κ3) is 3.52. The number of nitrogens with zero attached hydrogens (tertiary/aromatic N) is 1. The van der Waals surface area contributed by atoms with Crippen molar-refractivity contribution in [2.45, 2.75) is 65.5 Å². The van der Waals surface area contributed by atoms with Crippen molar-refractivity contribution in [3.05, 3.63) is 0 Å². The fourth-order valence-electron chi connectivity index (χ4n) is 4.63. The molecule has 2 nitrogen and oxygen atoms in total. The molecule has 2 fully saturated rings. The van der Waals surface area contributed by atoms with E-state index in [0.29, 0.717) is 6.04 Å². The van der Waals surface area contributed by atoms with Crippen molar-refractivity contribution in [2.24, 2.45) is 23.7 Å². The summed E-state index contributed by atoms with van der Waals surface area (Å²) in [5.74, 6) is 3.56. The summed E-state index contributed by atoms with van der Waals surface area (Å²) in [7, 11) is 2.16. The molecule has 1 heterocycles. The van der Waals surface area contributed by atoms with Crippen molar-refractivity contribution in [3.63, 3.8) is 0 Å². The first-order valence-corrected chi connectivity index (χ1v) is 8.44. The van der Waals surface area contributed by atoms with E-state index in [-0.39, 0.29) is 0 Å². The Morgan fingerprint density at radius 1 is 1.05 bits per heavy atom. The average Bonchev–Trinajstić information content (AvgIpc) is 2.38. The smallest absolute Gasteiger partial charge is 0.0274 e. The van der Waals surface area contributed by atoms with E-state index in [1.165, 1.54) is 38.8 Å². The summed E-state index contributed by atoms with van der Waals surface area (Å²) >= 11 is 0. The lowest BCUT2D eigenvalue weighted by atomic mass is 9.74. The van der Waals surface area contributed by atoms with Gasteiger partial charge >= 0.3 is 0 Å². The van der Waals surface area contributed by atoms with Crippen LogP contribution in [-0.4, -0.2) is 37.1 Å². The minimum atomic E-state index is 0.703. The highest BCUT2D eigenvalue weighted by Crippen LogP contribution is 2.35. The molecule has 19 heavy (non-hydrogen) atoms. The van der Waals surface area contributed by atoms with Crippen LogP contribution in [0.5, 0.6) is 0 Å². The van der Waals surface area contributed by atoms with E-state index in [0.717, 1.165) is 29.7 Å². The van der Waals surface area contributed by atoms with Crippen LogP contribution in [0.2, 0.25) is 0 Å². The van der Waals surface area contributed by atoms with Gasteiger partial charge in [-0.25, -0.2) is 0 Å². The van der Waals surface area contributed by atoms with Gasteiger partial charge in [-0.15, -0.1) is 0 Å². The topological polar surface area (TPSA) is 15.3 Å². The second-order valence-electron chi connectivity index (χ2n) is 7.56. The molecule has 0 radical (unpaired) electrons. The molecule has 1 aliphatic carbocycles. The van der Waals surface area contributed by atoms with E-state index in [4.69, 9.17) is 0 Å². The molecule has 0 aromatic carbocycles. The SMILES string of the molecule is CNC1CC(C)CC(C)C1N1CCC(C(C)C)CC1. The Bertz CT molecular complexity index is 268. The monoisotopic (exact) mass is 266 g/mol. The predicted octanol–water partition coefficient (Wildman–Crippen LogP) is 3.38. The zero-order valence-corrected chi connectivity index (χ0v) is 13.7. The molecule has 1 saturated heterocycles. The number of rotatable bonds is 3. The van der Waals surface area contributed by atoms with Gasteiger partial charge in [0.1, 0.15) is 0 Å². The highest BCUT2D eigenvalue weighted by molar-refractivity contribution is 4.94. The minimum absolute atomic E-state index is 0.703. The Labute approximate surface area is 120 Å². The summed E-state index contributed by atoms with van der Waals surface area (Å²) < 4.78 is 0. The second-order valence-corrected chi connectivity index (χ2v) is 7.56. The van der Waals surface area contributed by atoms with Gasteiger partial charge in [0.25, 0.3) is 0 Å². The van der Waals surface area contributed by atoms with Crippen LogP contribution in [0.25, 0.3) is 0 Å². The van der Waals surface area contributed by atoms with E-state index in [9.17, 15) is 0 Å². The number of hydrogen-bond donors (Lipinski definition) is 1. The quantitative estimate of drug-likeness (QED) is 0.842. The van der Waals surface area contributed by atoms with Gasteiger partial charge < -0.3 is 5.32 Å². The molecule has 112 valence electrons. The first-order valence-electron chi connectivity index (χ1n) is 8.44. The molecule has 0 bridgehead atoms. The van der Waals surface area contributed by atoms with Gasteiger partial charge in [0.05, 0.1) is 0 Å². The predicted molar refractivity (Wildman–Crippen MR) is 83.3 cm³/mol. The molecule has 0 aromatic heterocycles. The van der Waals surface area contributed by atoms with Gasteiger partial charge in [-0.1, -0.05) is 27.7 Å². The molecular weight excluding hydrogens is 232 g/mol. The number of likely N-dealkylation sites (N-methyl/N-ethyl adjacent to an activating group) is 1. The third-order valence-electron chi connectivity index (χ3n) is 5.74. The maximum absolute atomic E-state index is 3.60. The Kier molecular flexibility index (Phi) is 5.30. The van der Waals surface area contributed by atoms with Gasteiger partial charge in [0.2, 0.25) is 0 Å². The molecular formula is C17H34N2. The van der Waals surface area contributed by atoms with Crippen LogP contribution in [0.3, 0.4) is 0 Å². The lowest BCUT2D eigenvalue weighted by Crippen LogP contribution is -2.57. The molecule has 0 spiro atoms. The molecule has 1 saturated carbocycles. The Morgan fingerprint density at radius 2 is 1.68 bits per heavy atom. The number of piperidine rings is 1. The van der Waals surface area contributed by atoms with Crippen molar-refractivity contribution >= 4 is 0 Å². The normalized spacial score (nSPS) is 38.8. The van der Waals surface area contributed by atoms with Gasteiger partial charge in [-0.05, 0) is 69.5 Å². The standard InChI is InChI=1S/C17H34N2/c1-12(2)15-6-8-19(9-7-15)17-14(4)10-13(3)11-16(17)18-5/h12-18H,6-11H2,1-5H3. The summed E-state index contributed by atoms with van der Waals surface area (Å²) in [5, 5.41) is 3.60. The van der Waals surface area contributed by atoms with E-state index >= 15 is 0 Å². The molecule has 1 N–H and O–H groups in total. The van der Waals surface area contributed by atoms with Crippen LogP contribution < -0.4 is 5.32 Å². The van der Waals surface area contributed by atoms with Crippen LogP contribution >= 0.6 is 0 Å². The summed E-state index contributed by atoms with van der Waals surface area (Å²) in [6.45, 7) is 12.3. The van der Waals surface area contributed by atoms with E-state index in [2.05, 4.69) is 45.0 Å². The maximum atomic E-state index is 3.60. The molecule has 4 atom stereocenters. The molecule has 2 aliphatic rings. The molecule has 0 amide bonds. The average molecular weight is 266 g/mol. The van der Waals surface area contributed by atoms with Crippen LogP contribution in [-0.2, 0) is 0 Å². The number of hydrogen-bond acceptors (Lipinski definition) is 2. The van der Waals surface area contributed by atoms with E-state index in [1.54, 1.807) is 0 Å². The van der Waals surface area contributed by atoms with Gasteiger partial charge in [0.15, 0.2) is 0 Å². The summed E-state index contributed by atoms with van der Waals surface area (Å²) in [5.41, 5.74) is 0. The number of nitrogens with one attached hydrogen (secondary N) is 1. The molecule has 2 heteroatoms. The highest BCUT2D eigenvalue weighted by atomic mass is 15.2. The van der Waals surface area contributed by atoms with Crippen LogP contribution in [0.15, 0.2) is 0 Å². The van der Waals surface area contributed by atoms with E-state index in [1.807, 2.05) is 0 Å². The third-order valence-corrected chi connectivity index (χ3v) is 5.74. The van der Waals surface area contributed by atoms with Crippen molar-refractivity contribution in [3.8, 4) is 0 Å². The van der Waals surface area contributed by atoms with Gasteiger partial charge in [-0.2, -0.15) is 0 Å². The highest BCUT2D eigenvalue weighted by Gasteiger charge is 2.38. The summed E-state index contributed by atoms with van der Waals surface area (Å²) in [4.78, 5) is 2.80. The van der Waals surface area contributed by atoms with Crippen LogP contribution in [0.1, 0.15) is 53.4 Å². The van der Waals surface area contributed by atoms with Crippen molar-refractivity contribution < 1.29 is 0 Å². The van der Waals surface area contributed by atoms with Crippen molar-refractivity contribution in [2.75, 3.05) is 20.1 Å². The first kappa shape index (κ1) is 15.3. The Hall–Kier alpha value is -0.0800. The zero-order valence-electron chi connectivity index (χ0n) is 13.7. The first-order chi connectivity index (χ1) is 9.02. The van der Waals surface area contributed by atoms with Crippen LogP contribution in [0.4, 0.5) is 0 Å². The number of likely N-dealkylation sites (tertiary alicyclic amines) is 1. The largest absolute Gasteiger partial charge is 0.315 e. The van der Waals surface area contributed by atoms with Gasteiger partial charge in [0, 0.05) is 12.1 Å². The van der Waals surface area contributed by atoms with Gasteiger partial charge in [-0.3, -0.25) is 4.90 Å². The maximum Gasteiger partial charge on any atom is 0.0274 e. The van der Waals surface area contributed by atoms with Crippen molar-refractivity contribution in [1.29, 1.82) is 0 Å². The molecule has 4 unspecified atom stereocenters. The molecule has 1 aliphatic heterocycles. The van der Waals surface area contributed by atoms with E-state index < -0.39 is 0 Å². The Balaban J connectivity index is 1.96. The second kappa shape index (κ2) is 6.58. The van der Waals surface area contributed by atoms with Crippen LogP contribution in [0, 0.1) is 23.7 Å².